The minimum Gasteiger partial charge on any atom is -0.341 e. The molecule has 4 heteroatoms. The Morgan fingerprint density at radius 2 is 1.95 bits per heavy atom. The van der Waals surface area contributed by atoms with Gasteiger partial charge in [0.15, 0.2) is 0 Å². The van der Waals surface area contributed by atoms with Gasteiger partial charge >= 0.3 is 0 Å². The normalized spacial score (nSPS) is 28.1. The highest BCUT2D eigenvalue weighted by atomic mass is 16.2. The number of hydrogen-bond donors (Lipinski definition) is 0. The third-order valence-corrected chi connectivity index (χ3v) is 4.95. The predicted octanol–water partition coefficient (Wildman–Crippen LogP) is 2.43. The van der Waals surface area contributed by atoms with Crippen LogP contribution in [0.4, 0.5) is 0 Å². The van der Waals surface area contributed by atoms with E-state index < -0.39 is 0 Å². The molecule has 0 aromatic rings. The molecule has 2 unspecified atom stereocenters. The van der Waals surface area contributed by atoms with Crippen molar-refractivity contribution in [3.8, 4) is 0 Å². The second-order valence-electron chi connectivity index (χ2n) is 6.46. The minimum atomic E-state index is 0.110. The van der Waals surface area contributed by atoms with E-state index in [1.165, 1.54) is 19.3 Å². The number of likely N-dealkylation sites (N-methyl/N-ethyl adjacent to an activating group) is 1. The Morgan fingerprint density at radius 3 is 2.70 bits per heavy atom. The topological polar surface area (TPSA) is 40.6 Å². The fourth-order valence-electron chi connectivity index (χ4n) is 3.54. The standard InChI is InChI=1S/C16H28N2O2/c1-13-8-5-6-9-14(13)17(2)16(20)12-18-11-7-3-4-10-15(18)19/h13-14H,3-12H2,1-2H3. The van der Waals surface area contributed by atoms with Crippen molar-refractivity contribution in [2.45, 2.75) is 64.3 Å². The van der Waals surface area contributed by atoms with Gasteiger partial charge in [-0.2, -0.15) is 0 Å². The van der Waals surface area contributed by atoms with E-state index in [1.54, 1.807) is 4.90 Å². The van der Waals surface area contributed by atoms with E-state index in [1.807, 2.05) is 11.9 Å². The van der Waals surface area contributed by atoms with E-state index in [2.05, 4.69) is 6.92 Å². The molecule has 20 heavy (non-hydrogen) atoms. The molecule has 2 atom stereocenters. The quantitative estimate of drug-likeness (QED) is 0.796. The molecule has 0 aromatic carbocycles. The van der Waals surface area contributed by atoms with Gasteiger partial charge in [0.2, 0.25) is 11.8 Å². The Kier molecular flexibility index (Phi) is 5.44. The van der Waals surface area contributed by atoms with Gasteiger partial charge < -0.3 is 9.80 Å². The van der Waals surface area contributed by atoms with E-state index in [0.717, 1.165) is 32.2 Å². The second kappa shape index (κ2) is 7.09. The molecule has 114 valence electrons. The zero-order valence-electron chi connectivity index (χ0n) is 12.9. The summed E-state index contributed by atoms with van der Waals surface area (Å²) in [6.45, 7) is 3.27. The number of likely N-dealkylation sites (tertiary alicyclic amines) is 1. The highest BCUT2D eigenvalue weighted by Gasteiger charge is 2.29. The summed E-state index contributed by atoms with van der Waals surface area (Å²) in [4.78, 5) is 28.1. The molecule has 0 aromatic heterocycles. The first-order valence-corrected chi connectivity index (χ1v) is 8.13. The summed E-state index contributed by atoms with van der Waals surface area (Å²) in [5.74, 6) is 0.845. The highest BCUT2D eigenvalue weighted by molar-refractivity contribution is 5.85. The molecule has 1 heterocycles. The largest absolute Gasteiger partial charge is 0.341 e. The number of carbonyl (C=O) groups is 2. The molecule has 2 amide bonds. The lowest BCUT2D eigenvalue weighted by molar-refractivity contribution is -0.141. The second-order valence-corrected chi connectivity index (χ2v) is 6.46. The van der Waals surface area contributed by atoms with Crippen LogP contribution in [-0.2, 0) is 9.59 Å². The molecular weight excluding hydrogens is 252 g/mol. The van der Waals surface area contributed by atoms with Crippen LogP contribution < -0.4 is 0 Å². The lowest BCUT2D eigenvalue weighted by Gasteiger charge is -2.37. The van der Waals surface area contributed by atoms with Crippen molar-refractivity contribution in [2.75, 3.05) is 20.1 Å². The first-order valence-electron chi connectivity index (χ1n) is 8.13. The van der Waals surface area contributed by atoms with Crippen LogP contribution in [0.1, 0.15) is 58.3 Å². The summed E-state index contributed by atoms with van der Waals surface area (Å²) < 4.78 is 0. The summed E-state index contributed by atoms with van der Waals surface area (Å²) in [6, 6.07) is 0.360. The van der Waals surface area contributed by atoms with Crippen LogP contribution in [0.15, 0.2) is 0 Å². The average Bonchev–Trinajstić information content (AvgIpc) is 2.64. The lowest BCUT2D eigenvalue weighted by Crippen LogP contribution is -2.47. The van der Waals surface area contributed by atoms with Gasteiger partial charge in [-0.3, -0.25) is 9.59 Å². The molecule has 2 fully saturated rings. The smallest absolute Gasteiger partial charge is 0.242 e. The lowest BCUT2D eigenvalue weighted by atomic mass is 9.85. The molecule has 2 aliphatic rings. The molecule has 2 rings (SSSR count). The van der Waals surface area contributed by atoms with Gasteiger partial charge in [-0.05, 0) is 31.6 Å². The first kappa shape index (κ1) is 15.3. The van der Waals surface area contributed by atoms with Gasteiger partial charge in [0.25, 0.3) is 0 Å². The number of amides is 2. The van der Waals surface area contributed by atoms with Crippen LogP contribution in [0.2, 0.25) is 0 Å². The number of nitrogens with zero attached hydrogens (tertiary/aromatic N) is 2. The van der Waals surface area contributed by atoms with Crippen LogP contribution in [0, 0.1) is 5.92 Å². The van der Waals surface area contributed by atoms with E-state index in [0.29, 0.717) is 18.4 Å². The van der Waals surface area contributed by atoms with Crippen molar-refractivity contribution in [3.05, 3.63) is 0 Å². The summed E-state index contributed by atoms with van der Waals surface area (Å²) in [5.41, 5.74) is 0. The van der Waals surface area contributed by atoms with Crippen molar-refractivity contribution in [1.82, 2.24) is 9.80 Å². The summed E-state index contributed by atoms with van der Waals surface area (Å²) >= 11 is 0. The Morgan fingerprint density at radius 1 is 1.20 bits per heavy atom. The molecule has 1 saturated carbocycles. The third kappa shape index (κ3) is 3.74. The third-order valence-electron chi connectivity index (χ3n) is 4.95. The number of hydrogen-bond acceptors (Lipinski definition) is 2. The Hall–Kier alpha value is -1.06. The summed E-state index contributed by atoms with van der Waals surface area (Å²) in [5, 5.41) is 0. The fourth-order valence-corrected chi connectivity index (χ4v) is 3.54. The van der Waals surface area contributed by atoms with Crippen molar-refractivity contribution in [3.63, 3.8) is 0 Å². The van der Waals surface area contributed by atoms with E-state index in [9.17, 15) is 9.59 Å². The number of rotatable bonds is 3. The molecule has 0 N–H and O–H groups in total. The first-order chi connectivity index (χ1) is 9.59. The Labute approximate surface area is 122 Å². The van der Waals surface area contributed by atoms with Crippen LogP contribution in [-0.4, -0.2) is 47.8 Å². The van der Waals surface area contributed by atoms with Crippen molar-refractivity contribution >= 4 is 11.8 Å². The van der Waals surface area contributed by atoms with Crippen LogP contribution >= 0.6 is 0 Å². The molecule has 1 aliphatic carbocycles. The van der Waals surface area contributed by atoms with Gasteiger partial charge in [0.1, 0.15) is 0 Å². The van der Waals surface area contributed by atoms with Gasteiger partial charge in [-0.25, -0.2) is 0 Å². The maximum Gasteiger partial charge on any atom is 0.242 e. The molecule has 0 spiro atoms. The maximum atomic E-state index is 12.4. The van der Waals surface area contributed by atoms with Crippen molar-refractivity contribution < 1.29 is 9.59 Å². The molecule has 4 nitrogen and oxygen atoms in total. The SMILES string of the molecule is CC1CCCCC1N(C)C(=O)CN1CCCCCC1=O. The maximum absolute atomic E-state index is 12.4. The fraction of sp³-hybridized carbons (Fsp3) is 0.875. The Bertz CT molecular complexity index is 356. The zero-order valence-corrected chi connectivity index (χ0v) is 12.9. The molecule has 0 radical (unpaired) electrons. The summed E-state index contributed by atoms with van der Waals surface area (Å²) in [7, 11) is 1.91. The van der Waals surface area contributed by atoms with Crippen LogP contribution in [0.25, 0.3) is 0 Å². The van der Waals surface area contributed by atoms with E-state index >= 15 is 0 Å². The molecule has 1 aliphatic heterocycles. The molecule has 0 bridgehead atoms. The zero-order chi connectivity index (χ0) is 14.5. The molecular formula is C16H28N2O2. The highest BCUT2D eigenvalue weighted by Crippen LogP contribution is 2.27. The van der Waals surface area contributed by atoms with Crippen LogP contribution in [0.3, 0.4) is 0 Å². The average molecular weight is 280 g/mol. The van der Waals surface area contributed by atoms with Gasteiger partial charge in [-0.1, -0.05) is 26.2 Å². The molecule has 1 saturated heterocycles. The monoisotopic (exact) mass is 280 g/mol. The minimum absolute atomic E-state index is 0.110. The van der Waals surface area contributed by atoms with Gasteiger partial charge in [-0.15, -0.1) is 0 Å². The Balaban J connectivity index is 1.90. The number of carbonyl (C=O) groups excluding carboxylic acids is 2. The van der Waals surface area contributed by atoms with Gasteiger partial charge in [0, 0.05) is 26.1 Å². The summed E-state index contributed by atoms with van der Waals surface area (Å²) in [6.07, 6.45) is 8.53. The van der Waals surface area contributed by atoms with E-state index in [-0.39, 0.29) is 18.4 Å². The van der Waals surface area contributed by atoms with Crippen molar-refractivity contribution in [2.24, 2.45) is 5.92 Å². The van der Waals surface area contributed by atoms with Crippen LogP contribution in [0.5, 0.6) is 0 Å². The van der Waals surface area contributed by atoms with E-state index in [4.69, 9.17) is 0 Å². The van der Waals surface area contributed by atoms with Gasteiger partial charge in [0.05, 0.1) is 6.54 Å². The predicted molar refractivity (Wildman–Crippen MR) is 79.2 cm³/mol. The van der Waals surface area contributed by atoms with Crippen molar-refractivity contribution in [1.29, 1.82) is 0 Å².